The molecule has 0 spiro atoms. The average Bonchev–Trinajstić information content (AvgIpc) is 2.52. The standard InChI is InChI=1S/C11H10Cl2N2O2/c1-2-9-10(16)15(11(17)14-9)8-4-6(12)3-7(13)5-8/h3-5,9H,2H2,1H3,(H,14,17). The van der Waals surface area contributed by atoms with Gasteiger partial charge in [-0.2, -0.15) is 0 Å². The zero-order valence-electron chi connectivity index (χ0n) is 9.04. The number of anilines is 1. The molecule has 90 valence electrons. The lowest BCUT2D eigenvalue weighted by Gasteiger charge is -2.13. The van der Waals surface area contributed by atoms with Gasteiger partial charge in [-0.1, -0.05) is 30.1 Å². The average molecular weight is 273 g/mol. The first kappa shape index (κ1) is 12.2. The van der Waals surface area contributed by atoms with Crippen molar-refractivity contribution >= 4 is 40.8 Å². The monoisotopic (exact) mass is 272 g/mol. The van der Waals surface area contributed by atoms with Crippen LogP contribution in [0.2, 0.25) is 10.0 Å². The molecule has 0 bridgehead atoms. The van der Waals surface area contributed by atoms with Crippen LogP contribution in [0.5, 0.6) is 0 Å². The van der Waals surface area contributed by atoms with E-state index in [0.29, 0.717) is 22.2 Å². The summed E-state index contributed by atoms with van der Waals surface area (Å²) in [6.45, 7) is 1.83. The van der Waals surface area contributed by atoms with Gasteiger partial charge >= 0.3 is 6.03 Å². The molecule has 0 aliphatic carbocycles. The molecule has 0 saturated carbocycles. The Bertz CT molecular complexity index is 470. The summed E-state index contributed by atoms with van der Waals surface area (Å²) in [4.78, 5) is 24.7. The highest BCUT2D eigenvalue weighted by Crippen LogP contribution is 2.27. The summed E-state index contributed by atoms with van der Waals surface area (Å²) in [5, 5.41) is 3.36. The molecule has 2 rings (SSSR count). The molecule has 17 heavy (non-hydrogen) atoms. The number of carbonyl (C=O) groups is 2. The van der Waals surface area contributed by atoms with E-state index < -0.39 is 12.1 Å². The lowest BCUT2D eigenvalue weighted by molar-refractivity contribution is -0.118. The van der Waals surface area contributed by atoms with Gasteiger partial charge in [-0.3, -0.25) is 4.79 Å². The molecule has 1 fully saturated rings. The Labute approximate surface area is 108 Å². The van der Waals surface area contributed by atoms with E-state index in [1.54, 1.807) is 6.07 Å². The maximum absolute atomic E-state index is 11.9. The summed E-state index contributed by atoms with van der Waals surface area (Å²) in [5.41, 5.74) is 0.390. The van der Waals surface area contributed by atoms with E-state index in [1.165, 1.54) is 12.1 Å². The van der Waals surface area contributed by atoms with Gasteiger partial charge in [-0.15, -0.1) is 0 Å². The van der Waals surface area contributed by atoms with Crippen molar-refractivity contribution in [2.75, 3.05) is 4.90 Å². The maximum Gasteiger partial charge on any atom is 0.329 e. The number of carbonyl (C=O) groups excluding carboxylic acids is 2. The fourth-order valence-corrected chi connectivity index (χ4v) is 2.24. The first-order chi connectivity index (χ1) is 8.02. The summed E-state index contributed by atoms with van der Waals surface area (Å²) in [6.07, 6.45) is 0.551. The Kier molecular flexibility index (Phi) is 3.26. The zero-order valence-corrected chi connectivity index (χ0v) is 10.5. The molecule has 1 aromatic rings. The van der Waals surface area contributed by atoms with Gasteiger partial charge in [0.15, 0.2) is 0 Å². The Morgan fingerprint density at radius 1 is 1.24 bits per heavy atom. The summed E-state index contributed by atoms with van der Waals surface area (Å²) in [5.74, 6) is -0.282. The van der Waals surface area contributed by atoms with Gasteiger partial charge in [-0.25, -0.2) is 9.69 Å². The molecule has 4 nitrogen and oxygen atoms in total. The number of hydrogen-bond donors (Lipinski definition) is 1. The van der Waals surface area contributed by atoms with E-state index in [2.05, 4.69) is 5.32 Å². The van der Waals surface area contributed by atoms with E-state index in [-0.39, 0.29) is 5.91 Å². The molecular weight excluding hydrogens is 263 g/mol. The van der Waals surface area contributed by atoms with Crippen LogP contribution in [0.3, 0.4) is 0 Å². The van der Waals surface area contributed by atoms with Crippen molar-refractivity contribution in [3.63, 3.8) is 0 Å². The highest BCUT2D eigenvalue weighted by molar-refractivity contribution is 6.35. The fourth-order valence-electron chi connectivity index (χ4n) is 1.72. The topological polar surface area (TPSA) is 49.4 Å². The van der Waals surface area contributed by atoms with Crippen molar-refractivity contribution in [2.45, 2.75) is 19.4 Å². The lowest BCUT2D eigenvalue weighted by atomic mass is 10.2. The highest BCUT2D eigenvalue weighted by Gasteiger charge is 2.37. The third-order valence-corrected chi connectivity index (χ3v) is 2.97. The normalized spacial score (nSPS) is 19.7. The van der Waals surface area contributed by atoms with E-state index in [1.807, 2.05) is 6.92 Å². The number of benzene rings is 1. The molecule has 0 aromatic heterocycles. The molecule has 1 aromatic carbocycles. The van der Waals surface area contributed by atoms with E-state index >= 15 is 0 Å². The van der Waals surface area contributed by atoms with Crippen molar-refractivity contribution in [1.82, 2.24) is 5.32 Å². The number of halogens is 2. The third kappa shape index (κ3) is 2.23. The SMILES string of the molecule is CCC1NC(=O)N(c2cc(Cl)cc(Cl)c2)C1=O. The van der Waals surface area contributed by atoms with Gasteiger partial charge in [0.25, 0.3) is 5.91 Å². The molecule has 1 atom stereocenters. The second kappa shape index (κ2) is 4.55. The van der Waals surface area contributed by atoms with Crippen LogP contribution in [0, 0.1) is 0 Å². The van der Waals surface area contributed by atoms with Crippen molar-refractivity contribution < 1.29 is 9.59 Å². The molecule has 3 amide bonds. The molecule has 1 aliphatic rings. The van der Waals surface area contributed by atoms with Crippen LogP contribution in [0.25, 0.3) is 0 Å². The maximum atomic E-state index is 11.9. The second-order valence-electron chi connectivity index (χ2n) is 3.71. The minimum atomic E-state index is -0.472. The predicted octanol–water partition coefficient (Wildman–Crippen LogP) is 2.83. The minimum absolute atomic E-state index is 0.282. The molecule has 1 saturated heterocycles. The number of hydrogen-bond acceptors (Lipinski definition) is 2. The first-order valence-electron chi connectivity index (χ1n) is 5.13. The van der Waals surface area contributed by atoms with Gasteiger partial charge < -0.3 is 5.32 Å². The van der Waals surface area contributed by atoms with Crippen LogP contribution in [-0.4, -0.2) is 18.0 Å². The van der Waals surface area contributed by atoms with Crippen molar-refractivity contribution in [1.29, 1.82) is 0 Å². The molecule has 1 heterocycles. The second-order valence-corrected chi connectivity index (χ2v) is 4.58. The summed E-state index contributed by atoms with van der Waals surface area (Å²) < 4.78 is 0. The lowest BCUT2D eigenvalue weighted by Crippen LogP contribution is -2.31. The molecule has 1 aliphatic heterocycles. The zero-order chi connectivity index (χ0) is 12.6. The Balaban J connectivity index is 2.39. The number of urea groups is 1. The Hall–Kier alpha value is -1.26. The van der Waals surface area contributed by atoms with Gasteiger partial charge in [0.2, 0.25) is 0 Å². The van der Waals surface area contributed by atoms with E-state index in [4.69, 9.17) is 23.2 Å². The molecule has 0 radical (unpaired) electrons. The first-order valence-corrected chi connectivity index (χ1v) is 5.89. The summed E-state index contributed by atoms with van der Waals surface area (Å²) in [6, 6.07) is 3.69. The van der Waals surface area contributed by atoms with Crippen molar-refractivity contribution in [3.8, 4) is 0 Å². The van der Waals surface area contributed by atoms with Crippen LogP contribution >= 0.6 is 23.2 Å². The summed E-state index contributed by atoms with van der Waals surface area (Å²) in [7, 11) is 0. The van der Waals surface area contributed by atoms with Gasteiger partial charge in [0.1, 0.15) is 6.04 Å². The molecule has 1 N–H and O–H groups in total. The van der Waals surface area contributed by atoms with Gasteiger partial charge in [0.05, 0.1) is 5.69 Å². The number of amides is 3. The number of rotatable bonds is 2. The number of imide groups is 1. The van der Waals surface area contributed by atoms with E-state index in [9.17, 15) is 9.59 Å². The minimum Gasteiger partial charge on any atom is -0.325 e. The quantitative estimate of drug-likeness (QED) is 0.842. The number of nitrogens with one attached hydrogen (secondary N) is 1. The number of nitrogens with zero attached hydrogens (tertiary/aromatic N) is 1. The van der Waals surface area contributed by atoms with Crippen LogP contribution in [0.4, 0.5) is 10.5 Å². The smallest absolute Gasteiger partial charge is 0.325 e. The summed E-state index contributed by atoms with van der Waals surface area (Å²) >= 11 is 11.7. The molecular formula is C11H10Cl2N2O2. The van der Waals surface area contributed by atoms with Crippen molar-refractivity contribution in [3.05, 3.63) is 28.2 Å². The Morgan fingerprint density at radius 2 is 1.82 bits per heavy atom. The van der Waals surface area contributed by atoms with E-state index in [0.717, 1.165) is 4.90 Å². The van der Waals surface area contributed by atoms with Crippen LogP contribution in [0.15, 0.2) is 18.2 Å². The highest BCUT2D eigenvalue weighted by atomic mass is 35.5. The predicted molar refractivity (Wildman–Crippen MR) is 66.6 cm³/mol. The van der Waals surface area contributed by atoms with Gasteiger partial charge in [0, 0.05) is 10.0 Å². The van der Waals surface area contributed by atoms with Crippen LogP contribution < -0.4 is 10.2 Å². The third-order valence-electron chi connectivity index (χ3n) is 2.53. The van der Waals surface area contributed by atoms with Crippen molar-refractivity contribution in [2.24, 2.45) is 0 Å². The van der Waals surface area contributed by atoms with Gasteiger partial charge in [-0.05, 0) is 24.6 Å². The van der Waals surface area contributed by atoms with Crippen LogP contribution in [-0.2, 0) is 4.79 Å². The fraction of sp³-hybridized carbons (Fsp3) is 0.273. The largest absolute Gasteiger partial charge is 0.329 e. The Morgan fingerprint density at radius 3 is 2.29 bits per heavy atom. The molecule has 6 heteroatoms. The molecule has 1 unspecified atom stereocenters. The van der Waals surface area contributed by atoms with Crippen LogP contribution in [0.1, 0.15) is 13.3 Å².